The molecule has 3 aromatic rings. The number of benzene rings is 1. The Balaban J connectivity index is 1.61. The summed E-state index contributed by atoms with van der Waals surface area (Å²) in [7, 11) is 1.77. The molecule has 4 rings (SSSR count). The fraction of sp³-hybridized carbons (Fsp3) is 0.318. The van der Waals surface area contributed by atoms with Crippen molar-refractivity contribution in [2.24, 2.45) is 7.05 Å². The molecule has 0 bridgehead atoms. The molecule has 1 aliphatic heterocycles. The molecule has 0 saturated carbocycles. The maximum Gasteiger partial charge on any atom is 0.255 e. The number of ether oxygens (including phenoxy) is 1. The second-order valence-electron chi connectivity index (χ2n) is 7.03. The molecule has 29 heavy (non-hydrogen) atoms. The summed E-state index contributed by atoms with van der Waals surface area (Å²) in [5.74, 6) is 1.56. The summed E-state index contributed by atoms with van der Waals surface area (Å²) in [6.07, 6.45) is 3.42. The summed E-state index contributed by atoms with van der Waals surface area (Å²) in [6, 6.07) is 13.6. The van der Waals surface area contributed by atoms with Crippen LogP contribution in [0.25, 0.3) is 11.3 Å². The van der Waals surface area contributed by atoms with Gasteiger partial charge < -0.3 is 15.0 Å². The first-order valence-electron chi connectivity index (χ1n) is 9.85. The standard InChI is InChI=1S/C22H25N5O2/c1-3-29-18-6-4-16(5-7-18)20-15-27(13-12-24-20)22-25-19(14-21(28)26(22)2)17-8-10-23-11-9-17/h4-11,14,20,24H,3,12-13,15H2,1-2H3. The first-order valence-corrected chi connectivity index (χ1v) is 9.85. The third kappa shape index (κ3) is 4.14. The number of nitrogens with zero attached hydrogens (tertiary/aromatic N) is 4. The Morgan fingerprint density at radius 2 is 1.93 bits per heavy atom. The molecule has 1 atom stereocenters. The van der Waals surface area contributed by atoms with Crippen molar-refractivity contribution in [3.63, 3.8) is 0 Å². The van der Waals surface area contributed by atoms with Crippen LogP contribution in [0.5, 0.6) is 5.75 Å². The molecule has 2 aromatic heterocycles. The van der Waals surface area contributed by atoms with Crippen LogP contribution in [0.1, 0.15) is 18.5 Å². The van der Waals surface area contributed by atoms with Gasteiger partial charge in [0, 0.05) is 56.7 Å². The number of piperazine rings is 1. The van der Waals surface area contributed by atoms with E-state index in [4.69, 9.17) is 9.72 Å². The highest BCUT2D eigenvalue weighted by Gasteiger charge is 2.24. The van der Waals surface area contributed by atoms with E-state index < -0.39 is 0 Å². The molecule has 1 unspecified atom stereocenters. The van der Waals surface area contributed by atoms with E-state index in [1.807, 2.05) is 31.2 Å². The smallest absolute Gasteiger partial charge is 0.255 e. The van der Waals surface area contributed by atoms with Crippen LogP contribution in [-0.4, -0.2) is 40.8 Å². The Morgan fingerprint density at radius 1 is 1.17 bits per heavy atom. The van der Waals surface area contributed by atoms with Gasteiger partial charge in [-0.3, -0.25) is 14.3 Å². The van der Waals surface area contributed by atoms with E-state index in [1.165, 1.54) is 5.56 Å². The third-order valence-electron chi connectivity index (χ3n) is 5.14. The zero-order chi connectivity index (χ0) is 20.2. The molecule has 1 fully saturated rings. The summed E-state index contributed by atoms with van der Waals surface area (Å²) in [5, 5.41) is 3.56. The summed E-state index contributed by atoms with van der Waals surface area (Å²) >= 11 is 0. The fourth-order valence-electron chi connectivity index (χ4n) is 3.60. The quantitative estimate of drug-likeness (QED) is 0.720. The largest absolute Gasteiger partial charge is 0.494 e. The van der Waals surface area contributed by atoms with Crippen molar-refractivity contribution < 1.29 is 4.74 Å². The Morgan fingerprint density at radius 3 is 2.66 bits per heavy atom. The van der Waals surface area contributed by atoms with Gasteiger partial charge in [0.1, 0.15) is 5.75 Å². The number of hydrogen-bond donors (Lipinski definition) is 1. The lowest BCUT2D eigenvalue weighted by Crippen LogP contribution is -2.47. The van der Waals surface area contributed by atoms with E-state index in [1.54, 1.807) is 30.1 Å². The summed E-state index contributed by atoms with van der Waals surface area (Å²) < 4.78 is 7.16. The predicted octanol–water partition coefficient (Wildman–Crippen LogP) is 2.39. The normalized spacial score (nSPS) is 16.6. The second-order valence-corrected chi connectivity index (χ2v) is 7.03. The van der Waals surface area contributed by atoms with E-state index in [0.29, 0.717) is 18.2 Å². The van der Waals surface area contributed by atoms with Crippen LogP contribution in [0, 0.1) is 0 Å². The minimum absolute atomic E-state index is 0.0713. The van der Waals surface area contributed by atoms with Crippen molar-refractivity contribution >= 4 is 5.95 Å². The first-order chi connectivity index (χ1) is 14.2. The van der Waals surface area contributed by atoms with Gasteiger partial charge in [-0.25, -0.2) is 4.98 Å². The number of pyridine rings is 1. The fourth-order valence-corrected chi connectivity index (χ4v) is 3.60. The van der Waals surface area contributed by atoms with E-state index in [9.17, 15) is 4.79 Å². The van der Waals surface area contributed by atoms with Crippen molar-refractivity contribution in [3.8, 4) is 17.0 Å². The monoisotopic (exact) mass is 391 g/mol. The summed E-state index contributed by atoms with van der Waals surface area (Å²) in [5.41, 5.74) is 2.67. The minimum Gasteiger partial charge on any atom is -0.494 e. The Kier molecular flexibility index (Phi) is 5.57. The Labute approximate surface area is 170 Å². The Hall–Kier alpha value is -3.19. The molecule has 0 amide bonds. The molecule has 7 heteroatoms. The van der Waals surface area contributed by atoms with E-state index in [-0.39, 0.29) is 11.6 Å². The van der Waals surface area contributed by atoms with Crippen molar-refractivity contribution in [2.75, 3.05) is 31.1 Å². The minimum atomic E-state index is -0.0713. The highest BCUT2D eigenvalue weighted by atomic mass is 16.5. The molecular formula is C22H25N5O2. The zero-order valence-electron chi connectivity index (χ0n) is 16.7. The second kappa shape index (κ2) is 8.45. The van der Waals surface area contributed by atoms with Crippen molar-refractivity contribution in [1.29, 1.82) is 0 Å². The van der Waals surface area contributed by atoms with Gasteiger partial charge in [0.15, 0.2) is 0 Å². The van der Waals surface area contributed by atoms with Gasteiger partial charge >= 0.3 is 0 Å². The first kappa shape index (κ1) is 19.1. The van der Waals surface area contributed by atoms with Crippen molar-refractivity contribution in [1.82, 2.24) is 19.9 Å². The van der Waals surface area contributed by atoms with Crippen LogP contribution in [0.4, 0.5) is 5.95 Å². The average Bonchev–Trinajstić information content (AvgIpc) is 2.77. The predicted molar refractivity (Wildman–Crippen MR) is 113 cm³/mol. The van der Waals surface area contributed by atoms with Gasteiger partial charge in [-0.05, 0) is 36.8 Å². The van der Waals surface area contributed by atoms with Gasteiger partial charge in [-0.2, -0.15) is 0 Å². The van der Waals surface area contributed by atoms with Crippen LogP contribution in [0.3, 0.4) is 0 Å². The summed E-state index contributed by atoms with van der Waals surface area (Å²) in [4.78, 5) is 23.6. The number of anilines is 1. The third-order valence-corrected chi connectivity index (χ3v) is 5.14. The van der Waals surface area contributed by atoms with Crippen molar-refractivity contribution in [3.05, 3.63) is 70.8 Å². The topological polar surface area (TPSA) is 72.3 Å². The van der Waals surface area contributed by atoms with Crippen LogP contribution < -0.4 is 20.5 Å². The van der Waals surface area contributed by atoms with Crippen LogP contribution in [0.15, 0.2) is 59.7 Å². The molecule has 7 nitrogen and oxygen atoms in total. The van der Waals surface area contributed by atoms with Gasteiger partial charge in [-0.1, -0.05) is 12.1 Å². The Bertz CT molecular complexity index is 1020. The number of rotatable bonds is 5. The zero-order valence-corrected chi connectivity index (χ0v) is 16.7. The molecule has 0 aliphatic carbocycles. The molecule has 0 spiro atoms. The van der Waals surface area contributed by atoms with Crippen LogP contribution in [0.2, 0.25) is 0 Å². The van der Waals surface area contributed by atoms with E-state index >= 15 is 0 Å². The van der Waals surface area contributed by atoms with Gasteiger partial charge in [-0.15, -0.1) is 0 Å². The molecule has 1 aliphatic rings. The molecular weight excluding hydrogens is 366 g/mol. The van der Waals surface area contributed by atoms with Gasteiger partial charge in [0.2, 0.25) is 5.95 Å². The lowest BCUT2D eigenvalue weighted by Gasteiger charge is -2.35. The SMILES string of the molecule is CCOc1ccc(C2CN(c3nc(-c4ccncc4)cc(=O)n3C)CCN2)cc1. The maximum absolute atomic E-state index is 12.6. The number of nitrogens with one attached hydrogen (secondary N) is 1. The molecule has 1 aromatic carbocycles. The van der Waals surface area contributed by atoms with E-state index in [0.717, 1.165) is 30.9 Å². The average molecular weight is 391 g/mol. The van der Waals surface area contributed by atoms with Crippen LogP contribution in [-0.2, 0) is 7.05 Å². The van der Waals surface area contributed by atoms with Crippen molar-refractivity contribution in [2.45, 2.75) is 13.0 Å². The molecule has 0 radical (unpaired) electrons. The highest BCUT2D eigenvalue weighted by Crippen LogP contribution is 2.24. The van der Waals surface area contributed by atoms with Gasteiger partial charge in [0.05, 0.1) is 12.3 Å². The molecule has 3 heterocycles. The molecule has 1 N–H and O–H groups in total. The highest BCUT2D eigenvalue weighted by molar-refractivity contribution is 5.59. The molecule has 150 valence electrons. The number of aromatic nitrogens is 3. The molecule has 1 saturated heterocycles. The van der Waals surface area contributed by atoms with Gasteiger partial charge in [0.25, 0.3) is 5.56 Å². The van der Waals surface area contributed by atoms with E-state index in [2.05, 4.69) is 27.3 Å². The summed E-state index contributed by atoms with van der Waals surface area (Å²) in [6.45, 7) is 4.96. The maximum atomic E-state index is 12.6. The van der Waals surface area contributed by atoms with Crippen LogP contribution >= 0.6 is 0 Å². The lowest BCUT2D eigenvalue weighted by atomic mass is 10.0. The lowest BCUT2D eigenvalue weighted by molar-refractivity contribution is 0.340. The number of hydrogen-bond acceptors (Lipinski definition) is 6.